The first-order chi connectivity index (χ1) is 5.27. The number of rotatable bonds is 3. The lowest BCUT2D eigenvalue weighted by Crippen LogP contribution is -2.27. The van der Waals surface area contributed by atoms with Crippen molar-refractivity contribution in [2.24, 2.45) is 9.98 Å². The normalized spacial score (nSPS) is 12.0. The molecular weight excluding hydrogens is 180 g/mol. The minimum absolute atomic E-state index is 0.428. The lowest BCUT2D eigenvalue weighted by molar-refractivity contribution is 0.461. The first kappa shape index (κ1) is 11.3. The van der Waals surface area contributed by atoms with E-state index in [1.165, 1.54) is 7.05 Å². The quantitative estimate of drug-likeness (QED) is 0.521. The number of hydrogen-bond donors (Lipinski definition) is 1. The molecule has 0 aliphatic rings. The summed E-state index contributed by atoms with van der Waals surface area (Å²) in [6.07, 6.45) is 0. The SMILES string of the molecule is CN=C=NC(C)(C)CS(=O)(=O)O. The molecule has 0 rings (SSSR count). The predicted octanol–water partition coefficient (Wildman–Crippen LogP) is 0.457. The van der Waals surface area contributed by atoms with Gasteiger partial charge in [0.25, 0.3) is 10.1 Å². The fourth-order valence-electron chi connectivity index (χ4n) is 0.664. The summed E-state index contributed by atoms with van der Waals surface area (Å²) >= 11 is 0. The molecule has 0 aromatic heterocycles. The van der Waals surface area contributed by atoms with E-state index in [-0.39, 0.29) is 0 Å². The molecule has 0 atom stereocenters. The van der Waals surface area contributed by atoms with E-state index in [1.807, 2.05) is 0 Å². The molecule has 0 spiro atoms. The monoisotopic (exact) mass is 192 g/mol. The van der Waals surface area contributed by atoms with Gasteiger partial charge in [-0.3, -0.25) is 4.55 Å². The van der Waals surface area contributed by atoms with E-state index in [2.05, 4.69) is 16.0 Å². The molecule has 0 heterocycles. The second-order valence-corrected chi connectivity index (χ2v) is 4.43. The highest BCUT2D eigenvalue weighted by Gasteiger charge is 2.23. The topological polar surface area (TPSA) is 79.1 Å². The van der Waals surface area contributed by atoms with Crippen LogP contribution in [-0.4, -0.2) is 37.3 Å². The molecule has 0 saturated carbocycles. The summed E-state index contributed by atoms with van der Waals surface area (Å²) in [7, 11) is -2.51. The van der Waals surface area contributed by atoms with Crippen LogP contribution in [0.25, 0.3) is 0 Å². The van der Waals surface area contributed by atoms with Crippen LogP contribution in [0.2, 0.25) is 0 Å². The average molecular weight is 192 g/mol. The molecule has 0 aromatic carbocycles. The lowest BCUT2D eigenvalue weighted by atomic mass is 10.1. The summed E-state index contributed by atoms with van der Waals surface area (Å²) in [6.45, 7) is 3.14. The molecule has 0 amide bonds. The van der Waals surface area contributed by atoms with Crippen molar-refractivity contribution < 1.29 is 13.0 Å². The molecule has 0 fully saturated rings. The zero-order chi connectivity index (χ0) is 9.83. The van der Waals surface area contributed by atoms with E-state index in [0.29, 0.717) is 0 Å². The van der Waals surface area contributed by atoms with Crippen molar-refractivity contribution in [3.8, 4) is 0 Å². The molecule has 0 aromatic rings. The highest BCUT2D eigenvalue weighted by atomic mass is 32.2. The second kappa shape index (κ2) is 3.80. The summed E-state index contributed by atoms with van der Waals surface area (Å²) in [4.78, 5) is 7.16. The molecule has 0 bridgehead atoms. The van der Waals surface area contributed by atoms with E-state index >= 15 is 0 Å². The smallest absolute Gasteiger partial charge is 0.267 e. The van der Waals surface area contributed by atoms with Gasteiger partial charge < -0.3 is 0 Å². The first-order valence-electron chi connectivity index (χ1n) is 3.28. The van der Waals surface area contributed by atoms with E-state index in [4.69, 9.17) is 4.55 Å². The van der Waals surface area contributed by atoms with Crippen molar-refractivity contribution in [2.45, 2.75) is 19.4 Å². The second-order valence-electron chi connectivity index (χ2n) is 2.97. The van der Waals surface area contributed by atoms with E-state index in [1.54, 1.807) is 13.8 Å². The van der Waals surface area contributed by atoms with Gasteiger partial charge in [-0.25, -0.2) is 9.98 Å². The van der Waals surface area contributed by atoms with Crippen LogP contribution >= 0.6 is 0 Å². The molecule has 1 N–H and O–H groups in total. The Kier molecular flexibility index (Phi) is 3.57. The van der Waals surface area contributed by atoms with Crippen LogP contribution in [0.1, 0.15) is 13.8 Å². The highest BCUT2D eigenvalue weighted by Crippen LogP contribution is 2.10. The Morgan fingerprint density at radius 1 is 1.50 bits per heavy atom. The molecule has 6 heteroatoms. The standard InChI is InChI=1S/C6H12N2O3S/c1-6(2,8-5-7-3)4-12(9,10)11/h4H2,1-3H3,(H,9,10,11). The van der Waals surface area contributed by atoms with Crippen molar-refractivity contribution in [1.29, 1.82) is 0 Å². The summed E-state index contributed by atoms with van der Waals surface area (Å²) in [5, 5.41) is 0. The van der Waals surface area contributed by atoms with Crippen LogP contribution in [0.3, 0.4) is 0 Å². The van der Waals surface area contributed by atoms with Gasteiger partial charge in [0.1, 0.15) is 5.75 Å². The number of aliphatic imine (C=N–C) groups is 2. The fraction of sp³-hybridized carbons (Fsp3) is 0.833. The summed E-state index contributed by atoms with van der Waals surface area (Å²) in [6, 6.07) is 2.29. The lowest BCUT2D eigenvalue weighted by Gasteiger charge is -2.14. The van der Waals surface area contributed by atoms with Crippen LogP contribution < -0.4 is 0 Å². The van der Waals surface area contributed by atoms with Crippen molar-refractivity contribution in [1.82, 2.24) is 0 Å². The Balaban J connectivity index is 4.55. The fourth-order valence-corrected chi connectivity index (χ4v) is 1.62. The first-order valence-corrected chi connectivity index (χ1v) is 4.89. The molecule has 12 heavy (non-hydrogen) atoms. The zero-order valence-electron chi connectivity index (χ0n) is 7.27. The molecule has 0 aliphatic carbocycles. The summed E-state index contributed by atoms with van der Waals surface area (Å²) in [5.41, 5.74) is -0.882. The van der Waals surface area contributed by atoms with Crippen LogP contribution in [0.4, 0.5) is 0 Å². The maximum absolute atomic E-state index is 10.4. The maximum atomic E-state index is 10.4. The third-order valence-electron chi connectivity index (χ3n) is 0.988. The van der Waals surface area contributed by atoms with Crippen LogP contribution in [0.15, 0.2) is 9.98 Å². The van der Waals surface area contributed by atoms with Gasteiger partial charge >= 0.3 is 0 Å². The third-order valence-corrected chi connectivity index (χ3v) is 2.06. The van der Waals surface area contributed by atoms with Gasteiger partial charge in [0.15, 0.2) is 0 Å². The van der Waals surface area contributed by atoms with Gasteiger partial charge in [-0.2, -0.15) is 8.42 Å². The Hall–Kier alpha value is -0.710. The largest absolute Gasteiger partial charge is 0.285 e. The van der Waals surface area contributed by atoms with Gasteiger partial charge in [0.2, 0.25) is 0 Å². The minimum Gasteiger partial charge on any atom is -0.285 e. The Morgan fingerprint density at radius 2 is 2.00 bits per heavy atom. The molecule has 0 radical (unpaired) electrons. The van der Waals surface area contributed by atoms with Gasteiger partial charge in [-0.1, -0.05) is 0 Å². The van der Waals surface area contributed by atoms with Crippen molar-refractivity contribution in [2.75, 3.05) is 12.8 Å². The number of hydrogen-bond acceptors (Lipinski definition) is 4. The van der Waals surface area contributed by atoms with E-state index in [0.717, 1.165) is 0 Å². The van der Waals surface area contributed by atoms with Crippen LogP contribution in [0, 0.1) is 0 Å². The molecule has 0 aliphatic heterocycles. The summed E-state index contributed by atoms with van der Waals surface area (Å²) < 4.78 is 29.4. The average Bonchev–Trinajstić information content (AvgIpc) is 1.78. The number of nitrogens with zero attached hydrogens (tertiary/aromatic N) is 2. The zero-order valence-corrected chi connectivity index (χ0v) is 8.09. The molecule has 0 saturated heterocycles. The molecule has 0 unspecified atom stereocenters. The van der Waals surface area contributed by atoms with Gasteiger partial charge in [-0.05, 0) is 13.8 Å². The maximum Gasteiger partial charge on any atom is 0.267 e. The van der Waals surface area contributed by atoms with E-state index in [9.17, 15) is 8.42 Å². The van der Waals surface area contributed by atoms with Gasteiger partial charge in [0.05, 0.1) is 11.5 Å². The van der Waals surface area contributed by atoms with Crippen molar-refractivity contribution >= 4 is 16.1 Å². The van der Waals surface area contributed by atoms with Crippen molar-refractivity contribution in [3.05, 3.63) is 0 Å². The minimum atomic E-state index is -3.99. The third kappa shape index (κ3) is 6.03. The predicted molar refractivity (Wildman–Crippen MR) is 46.3 cm³/mol. The van der Waals surface area contributed by atoms with Gasteiger partial charge in [0, 0.05) is 7.05 Å². The Bertz CT molecular complexity index is 299. The molecular formula is C6H12N2O3S. The highest BCUT2D eigenvalue weighted by molar-refractivity contribution is 7.85. The molecule has 70 valence electrons. The van der Waals surface area contributed by atoms with E-state index < -0.39 is 21.4 Å². The Morgan fingerprint density at radius 3 is 2.33 bits per heavy atom. The van der Waals surface area contributed by atoms with Crippen LogP contribution in [-0.2, 0) is 10.1 Å². The van der Waals surface area contributed by atoms with Crippen molar-refractivity contribution in [3.63, 3.8) is 0 Å². The Labute approximate surface area is 72.0 Å². The van der Waals surface area contributed by atoms with Gasteiger partial charge in [-0.15, -0.1) is 0 Å². The summed E-state index contributed by atoms with van der Waals surface area (Å²) in [5.74, 6) is -0.428. The van der Waals surface area contributed by atoms with Crippen LogP contribution in [0.5, 0.6) is 0 Å². The molecule has 5 nitrogen and oxygen atoms in total.